The molecule has 0 radical (unpaired) electrons. The van der Waals surface area contributed by atoms with Gasteiger partial charge in [0, 0.05) is 0 Å². The third kappa shape index (κ3) is 15.3. The van der Waals surface area contributed by atoms with E-state index in [1.807, 2.05) is 0 Å². The van der Waals surface area contributed by atoms with Gasteiger partial charge in [0.15, 0.2) is 0 Å². The molecular formula is C12H28HfO. The summed E-state index contributed by atoms with van der Waals surface area (Å²) in [5.41, 5.74) is 0. The fraction of sp³-hybridized carbons (Fsp3) is 1.00. The maximum atomic E-state index is 2.34. The molecule has 0 saturated carbocycles. The monoisotopic (exact) mass is 368 g/mol. The molecule has 0 unspecified atom stereocenters. The molecule has 0 aliphatic rings. The maximum Gasteiger partial charge on any atom is -0.412 e. The van der Waals surface area contributed by atoms with E-state index in [0.29, 0.717) is 0 Å². The Balaban J connectivity index is 0. The van der Waals surface area contributed by atoms with E-state index in [-0.39, 0.29) is 28.4 Å². The van der Waals surface area contributed by atoms with Crippen molar-refractivity contribution in [3.8, 4) is 0 Å². The molecule has 0 saturated heterocycles. The van der Waals surface area contributed by atoms with Crippen LogP contribution in [0, 0.1) is 11.8 Å². The standard InChI is InChI=1S/2C6H13.Hf.H2O/c2*1-4-5-6(2)3;;/h2*6H,1,4-5H2,2-3H3;;1H2. The van der Waals surface area contributed by atoms with Crippen molar-refractivity contribution in [2.75, 3.05) is 0 Å². The Labute approximate surface area is 102 Å². The fourth-order valence-corrected chi connectivity index (χ4v) is 5.56. The van der Waals surface area contributed by atoms with E-state index in [2.05, 4.69) is 27.7 Å². The normalized spacial score (nSPS) is 10.4. The van der Waals surface area contributed by atoms with Gasteiger partial charge in [-0.05, 0) is 0 Å². The predicted molar refractivity (Wildman–Crippen MR) is 61.4 cm³/mol. The summed E-state index contributed by atoms with van der Waals surface area (Å²) in [4.78, 5) is 0. The van der Waals surface area contributed by atoms with Gasteiger partial charge >= 0.3 is 96.5 Å². The van der Waals surface area contributed by atoms with Crippen molar-refractivity contribution >= 4 is 0 Å². The summed E-state index contributed by atoms with van der Waals surface area (Å²) in [5.74, 6) is 1.86. The molecule has 0 aromatic carbocycles. The van der Waals surface area contributed by atoms with E-state index in [1.54, 1.807) is 8.35 Å². The molecule has 86 valence electrons. The number of rotatable bonds is 8. The Morgan fingerprint density at radius 2 is 1.14 bits per heavy atom. The summed E-state index contributed by atoms with van der Waals surface area (Å²) in [6, 6.07) is 0. The van der Waals surface area contributed by atoms with E-state index in [4.69, 9.17) is 0 Å². The van der Waals surface area contributed by atoms with Gasteiger partial charge in [-0.25, -0.2) is 0 Å². The third-order valence-corrected chi connectivity index (χ3v) is 7.35. The van der Waals surface area contributed by atoms with Gasteiger partial charge in [0.2, 0.25) is 0 Å². The van der Waals surface area contributed by atoms with Crippen LogP contribution in [-0.2, 0) is 22.9 Å². The number of hydrogen-bond donors (Lipinski definition) is 0. The van der Waals surface area contributed by atoms with Crippen molar-refractivity contribution < 1.29 is 28.4 Å². The van der Waals surface area contributed by atoms with Crippen LogP contribution in [-0.4, -0.2) is 5.48 Å². The summed E-state index contributed by atoms with van der Waals surface area (Å²) >= 11 is -0.128. The van der Waals surface area contributed by atoms with Crippen LogP contribution in [0.1, 0.15) is 53.4 Å². The van der Waals surface area contributed by atoms with Crippen molar-refractivity contribution in [1.82, 2.24) is 0 Å². The molecule has 0 bridgehead atoms. The van der Waals surface area contributed by atoms with Crippen LogP contribution in [0.3, 0.4) is 0 Å². The van der Waals surface area contributed by atoms with Crippen LogP contribution >= 0.6 is 0 Å². The average Bonchev–Trinajstić information content (AvgIpc) is 2.01. The van der Waals surface area contributed by atoms with Crippen LogP contribution in [0.25, 0.3) is 0 Å². The summed E-state index contributed by atoms with van der Waals surface area (Å²) in [6.45, 7) is 9.36. The van der Waals surface area contributed by atoms with E-state index in [1.165, 1.54) is 25.7 Å². The van der Waals surface area contributed by atoms with Crippen LogP contribution in [0.5, 0.6) is 0 Å². The Kier molecular flexibility index (Phi) is 14.7. The van der Waals surface area contributed by atoms with Gasteiger partial charge in [0.25, 0.3) is 0 Å². The van der Waals surface area contributed by atoms with Crippen LogP contribution in [0.2, 0.25) is 8.35 Å². The van der Waals surface area contributed by atoms with Crippen LogP contribution < -0.4 is 0 Å². The molecule has 0 heterocycles. The predicted octanol–water partition coefficient (Wildman–Crippen LogP) is 3.95. The van der Waals surface area contributed by atoms with Gasteiger partial charge in [-0.1, -0.05) is 0 Å². The van der Waals surface area contributed by atoms with Gasteiger partial charge in [-0.3, -0.25) is 0 Å². The quantitative estimate of drug-likeness (QED) is 0.460. The molecule has 0 aromatic heterocycles. The minimum Gasteiger partial charge on any atom is -0.412 e. The Bertz CT molecular complexity index is 90.5. The van der Waals surface area contributed by atoms with Gasteiger partial charge in [-0.15, -0.1) is 0 Å². The summed E-state index contributed by atoms with van der Waals surface area (Å²) in [6.07, 6.45) is 6.00. The zero-order chi connectivity index (χ0) is 10.1. The van der Waals surface area contributed by atoms with Crippen LogP contribution in [0.4, 0.5) is 0 Å². The molecule has 0 amide bonds. The molecule has 14 heavy (non-hydrogen) atoms. The van der Waals surface area contributed by atoms with Gasteiger partial charge in [0.05, 0.1) is 0 Å². The van der Waals surface area contributed by atoms with Crippen LogP contribution in [0.15, 0.2) is 0 Å². The van der Waals surface area contributed by atoms with E-state index in [9.17, 15) is 0 Å². The minimum atomic E-state index is -0.128. The minimum absolute atomic E-state index is 0. The zero-order valence-corrected chi connectivity index (χ0v) is 14.0. The summed E-state index contributed by atoms with van der Waals surface area (Å²) in [5, 5.41) is 0. The molecule has 2 N–H and O–H groups in total. The van der Waals surface area contributed by atoms with Crippen molar-refractivity contribution in [2.45, 2.75) is 61.7 Å². The third-order valence-electron chi connectivity index (χ3n) is 2.27. The first-order chi connectivity index (χ1) is 6.13. The number of hydrogen-bond acceptors (Lipinski definition) is 0. The van der Waals surface area contributed by atoms with Crippen molar-refractivity contribution in [2.24, 2.45) is 11.8 Å². The van der Waals surface area contributed by atoms with Crippen molar-refractivity contribution in [1.29, 1.82) is 0 Å². The second-order valence-electron chi connectivity index (χ2n) is 4.82. The molecule has 2 heteroatoms. The second kappa shape index (κ2) is 11.9. The molecule has 0 atom stereocenters. The molecule has 0 spiro atoms. The first kappa shape index (κ1) is 17.2. The molecule has 0 aromatic rings. The maximum absolute atomic E-state index is 2.34. The first-order valence-corrected chi connectivity index (χ1v) is 10.9. The topological polar surface area (TPSA) is 31.5 Å². The molecule has 0 aliphatic carbocycles. The van der Waals surface area contributed by atoms with Crippen molar-refractivity contribution in [3.63, 3.8) is 0 Å². The Morgan fingerprint density at radius 1 is 0.786 bits per heavy atom. The fourth-order valence-electron chi connectivity index (χ4n) is 1.40. The molecule has 1 nitrogen and oxygen atoms in total. The molecule has 0 aliphatic heterocycles. The van der Waals surface area contributed by atoms with E-state index in [0.717, 1.165) is 11.8 Å². The molecule has 0 fully saturated rings. The van der Waals surface area contributed by atoms with Gasteiger partial charge in [0.1, 0.15) is 0 Å². The summed E-state index contributed by atoms with van der Waals surface area (Å²) in [7, 11) is 0. The van der Waals surface area contributed by atoms with E-state index >= 15 is 0 Å². The molecular weight excluding hydrogens is 339 g/mol. The van der Waals surface area contributed by atoms with Gasteiger partial charge in [-0.2, -0.15) is 0 Å². The SMILES string of the molecule is CC(C)CC[CH2][Hf][CH2]CCC(C)C.O. The molecule has 0 rings (SSSR count). The Morgan fingerprint density at radius 3 is 1.43 bits per heavy atom. The van der Waals surface area contributed by atoms with Crippen molar-refractivity contribution in [3.05, 3.63) is 0 Å². The second-order valence-corrected chi connectivity index (χ2v) is 10.2. The smallest absolute Gasteiger partial charge is 0.412 e. The zero-order valence-electron chi connectivity index (χ0n) is 10.4. The first-order valence-electron chi connectivity index (χ1n) is 5.83. The average molecular weight is 367 g/mol. The van der Waals surface area contributed by atoms with E-state index < -0.39 is 0 Å². The summed E-state index contributed by atoms with van der Waals surface area (Å²) < 4.78 is 3.30. The Hall–Kier alpha value is 0.830. The van der Waals surface area contributed by atoms with Gasteiger partial charge < -0.3 is 5.48 Å². The largest absolute Gasteiger partial charge is 0.412 e.